The second-order valence-corrected chi connectivity index (χ2v) is 4.37. The summed E-state index contributed by atoms with van der Waals surface area (Å²) in [5, 5.41) is 21.0. The molecule has 1 atom stereocenters. The SMILES string of the molecule is Cc1ccc(NC(CO)CCO)c(Br)c1. The molecule has 1 aromatic carbocycles. The van der Waals surface area contributed by atoms with Crippen LogP contribution in [-0.4, -0.2) is 29.5 Å². The van der Waals surface area contributed by atoms with Gasteiger partial charge in [-0.05, 0) is 47.0 Å². The van der Waals surface area contributed by atoms with Gasteiger partial charge in [0.1, 0.15) is 0 Å². The van der Waals surface area contributed by atoms with Crippen molar-refractivity contribution in [2.45, 2.75) is 19.4 Å². The highest BCUT2D eigenvalue weighted by atomic mass is 79.9. The number of hydrogen-bond acceptors (Lipinski definition) is 3. The van der Waals surface area contributed by atoms with Crippen LogP contribution < -0.4 is 5.32 Å². The zero-order valence-electron chi connectivity index (χ0n) is 8.70. The monoisotopic (exact) mass is 273 g/mol. The van der Waals surface area contributed by atoms with Crippen LogP contribution in [0.5, 0.6) is 0 Å². The van der Waals surface area contributed by atoms with Gasteiger partial charge in [-0.3, -0.25) is 0 Å². The van der Waals surface area contributed by atoms with E-state index in [9.17, 15) is 0 Å². The molecule has 0 aliphatic rings. The minimum absolute atomic E-state index is 0.0148. The maximum atomic E-state index is 9.08. The molecule has 84 valence electrons. The number of hydrogen-bond donors (Lipinski definition) is 3. The number of anilines is 1. The predicted octanol–water partition coefficient (Wildman–Crippen LogP) is 1.91. The van der Waals surface area contributed by atoms with Crippen molar-refractivity contribution in [3.05, 3.63) is 28.2 Å². The zero-order valence-corrected chi connectivity index (χ0v) is 10.3. The summed E-state index contributed by atoms with van der Waals surface area (Å²) in [5.74, 6) is 0. The summed E-state index contributed by atoms with van der Waals surface area (Å²) in [5.41, 5.74) is 2.11. The molecule has 0 aromatic heterocycles. The minimum Gasteiger partial charge on any atom is -0.396 e. The fourth-order valence-corrected chi connectivity index (χ4v) is 1.93. The summed E-state index contributed by atoms with van der Waals surface area (Å²) in [6.45, 7) is 2.11. The van der Waals surface area contributed by atoms with E-state index in [4.69, 9.17) is 10.2 Å². The van der Waals surface area contributed by atoms with Gasteiger partial charge < -0.3 is 15.5 Å². The van der Waals surface area contributed by atoms with Crippen LogP contribution in [0.1, 0.15) is 12.0 Å². The van der Waals surface area contributed by atoms with Gasteiger partial charge in [0.25, 0.3) is 0 Å². The summed E-state index contributed by atoms with van der Waals surface area (Å²) >= 11 is 3.45. The number of aliphatic hydroxyl groups is 2. The Bertz CT molecular complexity index is 317. The van der Waals surface area contributed by atoms with Gasteiger partial charge in [-0.2, -0.15) is 0 Å². The minimum atomic E-state index is -0.103. The highest BCUT2D eigenvalue weighted by molar-refractivity contribution is 9.10. The topological polar surface area (TPSA) is 52.5 Å². The normalized spacial score (nSPS) is 12.5. The van der Waals surface area contributed by atoms with Gasteiger partial charge >= 0.3 is 0 Å². The first-order valence-corrected chi connectivity index (χ1v) is 5.71. The van der Waals surface area contributed by atoms with E-state index in [1.165, 1.54) is 5.56 Å². The lowest BCUT2D eigenvalue weighted by Crippen LogP contribution is -2.25. The molecule has 3 N–H and O–H groups in total. The summed E-state index contributed by atoms with van der Waals surface area (Å²) in [6, 6.07) is 5.87. The Morgan fingerprint density at radius 3 is 2.67 bits per heavy atom. The van der Waals surface area contributed by atoms with E-state index in [1.807, 2.05) is 25.1 Å². The standard InChI is InChI=1S/C11H16BrNO2/c1-8-2-3-11(10(12)6-8)13-9(7-15)4-5-14/h2-3,6,9,13-15H,4-5,7H2,1H3. The molecule has 1 aromatic rings. The average Bonchev–Trinajstić information content (AvgIpc) is 2.21. The molecule has 0 heterocycles. The van der Waals surface area contributed by atoms with E-state index in [2.05, 4.69) is 21.2 Å². The van der Waals surface area contributed by atoms with Gasteiger partial charge in [-0.25, -0.2) is 0 Å². The van der Waals surface area contributed by atoms with Crippen LogP contribution in [0, 0.1) is 6.92 Å². The Hall–Kier alpha value is -0.580. The number of aryl methyl sites for hydroxylation is 1. The van der Waals surface area contributed by atoms with Gasteiger partial charge in [0.15, 0.2) is 0 Å². The number of nitrogens with one attached hydrogen (secondary N) is 1. The maximum Gasteiger partial charge on any atom is 0.0633 e. The molecule has 0 radical (unpaired) electrons. The van der Waals surface area contributed by atoms with Crippen molar-refractivity contribution in [2.75, 3.05) is 18.5 Å². The Labute approximate surface area is 98.3 Å². The van der Waals surface area contributed by atoms with E-state index in [0.29, 0.717) is 6.42 Å². The first kappa shape index (κ1) is 12.5. The van der Waals surface area contributed by atoms with Crippen LogP contribution in [0.3, 0.4) is 0 Å². The van der Waals surface area contributed by atoms with Crippen molar-refractivity contribution < 1.29 is 10.2 Å². The molecule has 4 heteroatoms. The van der Waals surface area contributed by atoms with Crippen molar-refractivity contribution in [1.29, 1.82) is 0 Å². The molecular weight excluding hydrogens is 258 g/mol. The van der Waals surface area contributed by atoms with Crippen molar-refractivity contribution in [1.82, 2.24) is 0 Å². The van der Waals surface area contributed by atoms with Gasteiger partial charge in [-0.1, -0.05) is 6.07 Å². The molecule has 3 nitrogen and oxygen atoms in total. The molecular formula is C11H16BrNO2. The van der Waals surface area contributed by atoms with Crippen molar-refractivity contribution in [3.8, 4) is 0 Å². The van der Waals surface area contributed by atoms with E-state index in [-0.39, 0.29) is 19.3 Å². The largest absolute Gasteiger partial charge is 0.396 e. The third kappa shape index (κ3) is 3.81. The Balaban J connectivity index is 2.70. The van der Waals surface area contributed by atoms with Crippen LogP contribution >= 0.6 is 15.9 Å². The highest BCUT2D eigenvalue weighted by Gasteiger charge is 2.08. The van der Waals surface area contributed by atoms with E-state index >= 15 is 0 Å². The van der Waals surface area contributed by atoms with Crippen molar-refractivity contribution in [3.63, 3.8) is 0 Å². The van der Waals surface area contributed by atoms with Gasteiger partial charge in [-0.15, -0.1) is 0 Å². The van der Waals surface area contributed by atoms with E-state index in [1.54, 1.807) is 0 Å². The predicted molar refractivity (Wildman–Crippen MR) is 65.1 cm³/mol. The van der Waals surface area contributed by atoms with E-state index < -0.39 is 0 Å². The lowest BCUT2D eigenvalue weighted by molar-refractivity contribution is 0.229. The Morgan fingerprint density at radius 1 is 1.40 bits per heavy atom. The maximum absolute atomic E-state index is 9.08. The molecule has 0 bridgehead atoms. The first-order valence-electron chi connectivity index (χ1n) is 4.91. The summed E-state index contributed by atoms with van der Waals surface area (Å²) in [6.07, 6.45) is 0.539. The number of benzene rings is 1. The third-order valence-electron chi connectivity index (χ3n) is 2.18. The number of rotatable bonds is 5. The fourth-order valence-electron chi connectivity index (χ4n) is 1.32. The quantitative estimate of drug-likeness (QED) is 0.768. The van der Waals surface area contributed by atoms with Crippen LogP contribution in [0.15, 0.2) is 22.7 Å². The number of halogens is 1. The molecule has 15 heavy (non-hydrogen) atoms. The summed E-state index contributed by atoms with van der Waals surface area (Å²) in [4.78, 5) is 0. The molecule has 0 saturated heterocycles. The van der Waals surface area contributed by atoms with Crippen LogP contribution in [-0.2, 0) is 0 Å². The Kier molecular flexibility index (Phi) is 5.08. The van der Waals surface area contributed by atoms with Crippen LogP contribution in [0.4, 0.5) is 5.69 Å². The molecule has 0 saturated carbocycles. The fraction of sp³-hybridized carbons (Fsp3) is 0.455. The average molecular weight is 274 g/mol. The molecule has 1 unspecified atom stereocenters. The van der Waals surface area contributed by atoms with Gasteiger partial charge in [0.2, 0.25) is 0 Å². The third-order valence-corrected chi connectivity index (χ3v) is 2.84. The van der Waals surface area contributed by atoms with Crippen LogP contribution in [0.2, 0.25) is 0 Å². The zero-order chi connectivity index (χ0) is 11.3. The first-order chi connectivity index (χ1) is 7.17. The molecule has 0 fully saturated rings. The van der Waals surface area contributed by atoms with Crippen LogP contribution in [0.25, 0.3) is 0 Å². The summed E-state index contributed by atoms with van der Waals surface area (Å²) in [7, 11) is 0. The smallest absolute Gasteiger partial charge is 0.0633 e. The second kappa shape index (κ2) is 6.10. The van der Waals surface area contributed by atoms with Crippen molar-refractivity contribution in [2.24, 2.45) is 0 Å². The molecule has 0 spiro atoms. The van der Waals surface area contributed by atoms with Gasteiger partial charge in [0, 0.05) is 16.8 Å². The molecule has 1 rings (SSSR count). The lowest BCUT2D eigenvalue weighted by atomic mass is 10.2. The lowest BCUT2D eigenvalue weighted by Gasteiger charge is -2.17. The summed E-state index contributed by atoms with van der Waals surface area (Å²) < 4.78 is 0.971. The van der Waals surface area contributed by atoms with E-state index in [0.717, 1.165) is 10.2 Å². The number of aliphatic hydroxyl groups excluding tert-OH is 2. The molecule has 0 aliphatic heterocycles. The molecule has 0 amide bonds. The van der Waals surface area contributed by atoms with Crippen molar-refractivity contribution >= 4 is 21.6 Å². The highest BCUT2D eigenvalue weighted by Crippen LogP contribution is 2.24. The van der Waals surface area contributed by atoms with Gasteiger partial charge in [0.05, 0.1) is 12.6 Å². The second-order valence-electron chi connectivity index (χ2n) is 3.52. The Morgan fingerprint density at radius 2 is 2.13 bits per heavy atom. The molecule has 0 aliphatic carbocycles.